The predicted molar refractivity (Wildman–Crippen MR) is 31.4 cm³/mol. The van der Waals surface area contributed by atoms with E-state index in [9.17, 15) is 0 Å². The summed E-state index contributed by atoms with van der Waals surface area (Å²) < 4.78 is 5.33. The van der Waals surface area contributed by atoms with Crippen LogP contribution >= 0.6 is 0 Å². The maximum atomic E-state index is 5.33. The van der Waals surface area contributed by atoms with Gasteiger partial charge in [0.05, 0.1) is 12.2 Å². The van der Waals surface area contributed by atoms with Crippen molar-refractivity contribution in [3.05, 3.63) is 5.92 Å². The van der Waals surface area contributed by atoms with Crippen molar-refractivity contribution in [2.75, 3.05) is 0 Å². The van der Waals surface area contributed by atoms with Gasteiger partial charge in [-0.05, 0) is 25.2 Å². The molecule has 2 fully saturated rings. The van der Waals surface area contributed by atoms with Crippen LogP contribution in [0, 0.1) is 5.92 Å². The number of rotatable bonds is 0. The van der Waals surface area contributed by atoms with Crippen LogP contribution in [-0.2, 0) is 4.74 Å². The van der Waals surface area contributed by atoms with Gasteiger partial charge in [0.25, 0.3) is 0 Å². The zero-order valence-electron chi connectivity index (χ0n) is 5.18. The topological polar surface area (TPSA) is 12.5 Å². The second kappa shape index (κ2) is 1.47. The molecule has 0 spiro atoms. The summed E-state index contributed by atoms with van der Waals surface area (Å²) in [7, 11) is 0. The van der Waals surface area contributed by atoms with Crippen molar-refractivity contribution in [3.63, 3.8) is 0 Å². The van der Waals surface area contributed by atoms with Gasteiger partial charge in [-0.2, -0.15) is 0 Å². The van der Waals surface area contributed by atoms with Gasteiger partial charge in [-0.1, -0.05) is 6.92 Å². The van der Waals surface area contributed by atoms with Crippen molar-refractivity contribution >= 4 is 0 Å². The molecule has 0 aromatic rings. The fourth-order valence-corrected chi connectivity index (χ4v) is 1.45. The second-order valence-corrected chi connectivity index (χ2v) is 2.91. The molecule has 2 rings (SSSR count). The van der Waals surface area contributed by atoms with Gasteiger partial charge < -0.3 is 4.74 Å². The highest BCUT2D eigenvalue weighted by Gasteiger charge is 2.42. The van der Waals surface area contributed by atoms with Gasteiger partial charge in [0.2, 0.25) is 0 Å². The van der Waals surface area contributed by atoms with E-state index in [1.165, 1.54) is 19.3 Å². The van der Waals surface area contributed by atoms with Crippen LogP contribution in [-0.4, -0.2) is 12.2 Å². The van der Waals surface area contributed by atoms with Crippen molar-refractivity contribution in [1.29, 1.82) is 0 Å². The van der Waals surface area contributed by atoms with Gasteiger partial charge in [-0.25, -0.2) is 0 Å². The fourth-order valence-electron chi connectivity index (χ4n) is 1.45. The molecule has 2 unspecified atom stereocenters. The minimum Gasteiger partial charge on any atom is -0.370 e. The van der Waals surface area contributed by atoms with Crippen LogP contribution < -0.4 is 0 Å². The average molecular weight is 111 g/mol. The third-order valence-corrected chi connectivity index (χ3v) is 2.09. The van der Waals surface area contributed by atoms with Crippen molar-refractivity contribution in [2.45, 2.75) is 38.4 Å². The number of epoxide rings is 1. The van der Waals surface area contributed by atoms with Gasteiger partial charge in [-0.3, -0.25) is 0 Å². The lowest BCUT2D eigenvalue weighted by atomic mass is 9.91. The van der Waals surface area contributed by atoms with Crippen molar-refractivity contribution in [2.24, 2.45) is 0 Å². The maximum absolute atomic E-state index is 5.33. The lowest BCUT2D eigenvalue weighted by Crippen LogP contribution is -2.07. The molecule has 2 aliphatic rings. The molecule has 2 atom stereocenters. The number of hydrogen-bond donors (Lipinski definition) is 0. The summed E-state index contributed by atoms with van der Waals surface area (Å²) in [6, 6.07) is 0. The summed E-state index contributed by atoms with van der Waals surface area (Å²) in [5, 5.41) is 0. The van der Waals surface area contributed by atoms with Crippen LogP contribution in [0.25, 0.3) is 0 Å². The highest BCUT2D eigenvalue weighted by Crippen LogP contribution is 2.39. The first-order valence-corrected chi connectivity index (χ1v) is 3.33. The van der Waals surface area contributed by atoms with Crippen LogP contribution in [0.5, 0.6) is 0 Å². The first-order chi connectivity index (χ1) is 3.86. The van der Waals surface area contributed by atoms with Crippen LogP contribution in [0.4, 0.5) is 0 Å². The molecule has 1 saturated carbocycles. The molecule has 0 amide bonds. The Hall–Kier alpha value is -0.0400. The summed E-state index contributed by atoms with van der Waals surface area (Å²) in [5.41, 5.74) is 0. The van der Waals surface area contributed by atoms with Crippen LogP contribution in [0.2, 0.25) is 0 Å². The quantitative estimate of drug-likeness (QED) is 0.432. The van der Waals surface area contributed by atoms with E-state index < -0.39 is 0 Å². The normalized spacial score (nSPS) is 46.1. The third-order valence-electron chi connectivity index (χ3n) is 2.09. The first-order valence-electron chi connectivity index (χ1n) is 3.33. The largest absolute Gasteiger partial charge is 0.370 e. The van der Waals surface area contributed by atoms with Gasteiger partial charge in [-0.15, -0.1) is 0 Å². The van der Waals surface area contributed by atoms with E-state index in [0.29, 0.717) is 12.2 Å². The van der Waals surface area contributed by atoms with Crippen molar-refractivity contribution < 1.29 is 4.74 Å². The predicted octanol–water partition coefficient (Wildman–Crippen LogP) is 1.53. The van der Waals surface area contributed by atoms with Gasteiger partial charge >= 0.3 is 0 Å². The van der Waals surface area contributed by atoms with Gasteiger partial charge in [0.1, 0.15) is 0 Å². The van der Waals surface area contributed by atoms with E-state index in [1.807, 2.05) is 0 Å². The summed E-state index contributed by atoms with van der Waals surface area (Å²) in [6.07, 6.45) is 5.14. The van der Waals surface area contributed by atoms with Crippen LogP contribution in [0.3, 0.4) is 0 Å². The smallest absolute Gasteiger partial charge is 0.0847 e. The third kappa shape index (κ3) is 0.655. The molecule has 8 heavy (non-hydrogen) atoms. The molecule has 1 nitrogen and oxygen atoms in total. The van der Waals surface area contributed by atoms with E-state index in [0.717, 1.165) is 0 Å². The Morgan fingerprint density at radius 2 is 2.38 bits per heavy atom. The van der Waals surface area contributed by atoms with E-state index in [1.54, 1.807) is 5.92 Å². The zero-order valence-corrected chi connectivity index (χ0v) is 5.18. The summed E-state index contributed by atoms with van der Waals surface area (Å²) >= 11 is 0. The molecule has 1 aliphatic heterocycles. The van der Waals surface area contributed by atoms with Crippen LogP contribution in [0.15, 0.2) is 0 Å². The Morgan fingerprint density at radius 1 is 1.50 bits per heavy atom. The minimum absolute atomic E-state index is 0.642. The lowest BCUT2D eigenvalue weighted by Gasteiger charge is -2.11. The SMILES string of the molecule is C[C]1CCC2OC2C1. The Bertz CT molecular complexity index is 101. The molecular weight excluding hydrogens is 100 g/mol. The molecule has 1 aliphatic carbocycles. The maximum Gasteiger partial charge on any atom is 0.0847 e. The number of fused-ring (bicyclic) bond motifs is 1. The Kier molecular flexibility index (Phi) is 0.884. The Morgan fingerprint density at radius 3 is 3.00 bits per heavy atom. The number of ether oxygens (including phenoxy) is 1. The summed E-state index contributed by atoms with van der Waals surface area (Å²) in [6.45, 7) is 2.23. The van der Waals surface area contributed by atoms with Crippen LogP contribution in [0.1, 0.15) is 26.2 Å². The monoisotopic (exact) mass is 111 g/mol. The zero-order chi connectivity index (χ0) is 5.56. The number of hydrogen-bond acceptors (Lipinski definition) is 1. The minimum atomic E-state index is 0.642. The first kappa shape index (κ1) is 4.80. The van der Waals surface area contributed by atoms with Crippen molar-refractivity contribution in [1.82, 2.24) is 0 Å². The summed E-state index contributed by atoms with van der Waals surface area (Å²) in [5.74, 6) is 1.63. The van der Waals surface area contributed by atoms with Gasteiger partial charge in [0.15, 0.2) is 0 Å². The van der Waals surface area contributed by atoms with E-state index in [-0.39, 0.29) is 0 Å². The summed E-state index contributed by atoms with van der Waals surface area (Å²) in [4.78, 5) is 0. The molecule has 1 heteroatoms. The standard InChI is InChI=1S/C7H11O/c1-5-2-3-6-7(4-5)8-6/h6-7H,2-4H2,1H3. The molecule has 45 valence electrons. The second-order valence-electron chi connectivity index (χ2n) is 2.91. The lowest BCUT2D eigenvalue weighted by molar-refractivity contribution is 0.373. The average Bonchev–Trinajstić information content (AvgIpc) is 2.43. The molecule has 0 aromatic heterocycles. The highest BCUT2D eigenvalue weighted by atomic mass is 16.6. The molecule has 1 heterocycles. The highest BCUT2D eigenvalue weighted by molar-refractivity contribution is 5.02. The Balaban J connectivity index is 1.93. The fraction of sp³-hybridized carbons (Fsp3) is 0.857. The molecule has 1 saturated heterocycles. The van der Waals surface area contributed by atoms with Crippen molar-refractivity contribution in [3.8, 4) is 0 Å². The van der Waals surface area contributed by atoms with Gasteiger partial charge in [0, 0.05) is 0 Å². The molecule has 1 radical (unpaired) electrons. The van der Waals surface area contributed by atoms with E-state index >= 15 is 0 Å². The van der Waals surface area contributed by atoms with E-state index in [2.05, 4.69) is 6.92 Å². The Labute approximate surface area is 50.0 Å². The molecule has 0 bridgehead atoms. The molecule has 0 aromatic carbocycles. The molecule has 0 N–H and O–H groups in total. The van der Waals surface area contributed by atoms with E-state index in [4.69, 9.17) is 4.74 Å². The molecular formula is C7H11O.